The molecule has 1 amide bonds. The summed E-state index contributed by atoms with van der Waals surface area (Å²) in [6.45, 7) is -0.668. The summed E-state index contributed by atoms with van der Waals surface area (Å²) in [7, 11) is 60.8. The van der Waals surface area contributed by atoms with Crippen molar-refractivity contribution in [2.75, 3.05) is 6.54 Å². The standard InChI is InChI=1S/C21H6B10F3N3O3/c22-10-8(6-1-3-7(4-2-6)39-21(32,33)34)11(23)12(24)14-9(10)17(38)37(5-19(28,29)40-14)20(30,31)18-35-15(26)13(25)16(27)36-18/h1-4H,5H2. The van der Waals surface area contributed by atoms with Gasteiger partial charge in [0.1, 0.15) is 95.8 Å². The van der Waals surface area contributed by atoms with Crippen LogP contribution in [0.25, 0.3) is 11.1 Å². The van der Waals surface area contributed by atoms with E-state index >= 15 is 0 Å². The van der Waals surface area contributed by atoms with Gasteiger partial charge in [0, 0.05) is 17.3 Å². The molecule has 19 heteroatoms. The molecule has 174 valence electrons. The molecule has 0 saturated heterocycles. The molecule has 4 rings (SSSR count). The summed E-state index contributed by atoms with van der Waals surface area (Å²) in [6.07, 6.45) is -4.92. The number of hydrogen-bond acceptors (Lipinski definition) is 5. The summed E-state index contributed by atoms with van der Waals surface area (Å²) in [5.74, 6) is -2.35. The molecule has 3 aromatic rings. The fourth-order valence-corrected chi connectivity index (χ4v) is 4.02. The predicted octanol–water partition coefficient (Wildman–Crippen LogP) is -5.22. The third kappa shape index (κ3) is 5.48. The predicted molar refractivity (Wildman–Crippen MR) is 152 cm³/mol. The van der Waals surface area contributed by atoms with Gasteiger partial charge in [-0.05, 0) is 34.4 Å². The molecule has 0 N–H and O–H groups in total. The maximum Gasteiger partial charge on any atom is 0.573 e. The van der Waals surface area contributed by atoms with E-state index in [0.717, 1.165) is 17.0 Å². The molecule has 0 aliphatic carbocycles. The Labute approximate surface area is 241 Å². The molecular formula is C21H6B10F3N3O3. The van der Waals surface area contributed by atoms with Crippen LogP contribution >= 0.6 is 0 Å². The van der Waals surface area contributed by atoms with E-state index < -0.39 is 46.7 Å². The molecule has 1 aromatic heterocycles. The van der Waals surface area contributed by atoms with Crippen LogP contribution in [0.5, 0.6) is 11.5 Å². The molecule has 2 heterocycles. The van der Waals surface area contributed by atoms with Gasteiger partial charge in [0.2, 0.25) is 0 Å². The molecule has 2 aromatic carbocycles. The minimum atomic E-state index is -4.92. The topological polar surface area (TPSA) is 64.6 Å². The Hall–Kier alpha value is -2.97. The lowest BCUT2D eigenvalue weighted by molar-refractivity contribution is -0.274. The van der Waals surface area contributed by atoms with E-state index in [1.165, 1.54) is 12.1 Å². The number of carbonyl (C=O) groups is 1. The fraction of sp³-hybridized carbons (Fsp3) is 0.190. The molecule has 0 spiro atoms. The van der Waals surface area contributed by atoms with Crippen molar-refractivity contribution in [1.82, 2.24) is 14.9 Å². The Bertz CT molecular complexity index is 1500. The number of ether oxygens (including phenoxy) is 2. The number of hydrogen-bond donors (Lipinski definition) is 0. The van der Waals surface area contributed by atoms with Crippen molar-refractivity contribution in [2.45, 2.75) is 17.1 Å². The second-order valence-corrected chi connectivity index (χ2v) is 8.90. The lowest BCUT2D eigenvalue weighted by Crippen LogP contribution is -2.59. The maximum absolute atomic E-state index is 14.0. The first-order chi connectivity index (χ1) is 18.3. The molecule has 0 bridgehead atoms. The van der Waals surface area contributed by atoms with Gasteiger partial charge in [-0.2, -0.15) is 0 Å². The summed E-state index contributed by atoms with van der Waals surface area (Å²) in [5, 5.41) is -4.54. The van der Waals surface area contributed by atoms with E-state index in [-0.39, 0.29) is 49.9 Å². The average Bonchev–Trinajstić information content (AvgIpc) is 2.94. The number of halogens is 3. The van der Waals surface area contributed by atoms with Crippen molar-refractivity contribution >= 4 is 117 Å². The van der Waals surface area contributed by atoms with Crippen LogP contribution in [-0.4, -0.2) is 118 Å². The molecule has 0 fully saturated rings. The van der Waals surface area contributed by atoms with Crippen LogP contribution in [0.15, 0.2) is 24.3 Å². The van der Waals surface area contributed by atoms with Gasteiger partial charge in [0.05, 0.1) is 5.56 Å². The zero-order valence-corrected chi connectivity index (χ0v) is 20.5. The number of amides is 1. The molecule has 0 unspecified atom stereocenters. The molecule has 0 atom stereocenters. The Morgan fingerprint density at radius 3 is 1.93 bits per heavy atom. The van der Waals surface area contributed by atoms with Gasteiger partial charge in [-0.3, -0.25) is 4.79 Å². The number of alkyl halides is 3. The van der Waals surface area contributed by atoms with Gasteiger partial charge >= 0.3 is 6.36 Å². The Morgan fingerprint density at radius 2 is 1.40 bits per heavy atom. The van der Waals surface area contributed by atoms with Gasteiger partial charge in [-0.25, -0.2) is 9.97 Å². The number of rotatable bonds is 4. The van der Waals surface area contributed by atoms with Crippen molar-refractivity contribution in [3.63, 3.8) is 0 Å². The zero-order chi connectivity index (χ0) is 29.9. The molecular weight excluding hydrogens is 507 g/mol. The lowest BCUT2D eigenvalue weighted by Gasteiger charge is -2.42. The highest BCUT2D eigenvalue weighted by Gasteiger charge is 2.43. The van der Waals surface area contributed by atoms with Crippen LogP contribution in [0.2, 0.25) is 0 Å². The fourth-order valence-electron chi connectivity index (χ4n) is 4.02. The molecule has 1 aliphatic heterocycles. The van der Waals surface area contributed by atoms with E-state index in [1.54, 1.807) is 0 Å². The Morgan fingerprint density at radius 1 is 0.850 bits per heavy atom. The molecule has 0 saturated carbocycles. The minimum Gasteiger partial charge on any atom is -0.505 e. The van der Waals surface area contributed by atoms with Crippen molar-refractivity contribution in [3.8, 4) is 22.6 Å². The first kappa shape index (κ1) is 30.0. The van der Waals surface area contributed by atoms with Crippen LogP contribution in [0.1, 0.15) is 16.2 Å². The van der Waals surface area contributed by atoms with Crippen LogP contribution in [-0.2, 0) is 5.34 Å². The average molecular weight is 513 g/mol. The number of benzene rings is 2. The highest BCUT2D eigenvalue weighted by Crippen LogP contribution is 2.32. The van der Waals surface area contributed by atoms with E-state index in [9.17, 15) is 18.0 Å². The van der Waals surface area contributed by atoms with Crippen LogP contribution in [0.3, 0.4) is 0 Å². The second-order valence-electron chi connectivity index (χ2n) is 8.90. The molecule has 6 nitrogen and oxygen atoms in total. The normalized spacial score (nSPS) is 15.2. The second kappa shape index (κ2) is 10.1. The van der Waals surface area contributed by atoms with Crippen LogP contribution in [0.4, 0.5) is 13.2 Å². The maximum atomic E-state index is 14.0. The largest absolute Gasteiger partial charge is 0.573 e. The van der Waals surface area contributed by atoms with Crippen molar-refractivity contribution in [3.05, 3.63) is 35.7 Å². The summed E-state index contributed by atoms with van der Waals surface area (Å²) in [4.78, 5) is 22.6. The first-order valence-electron chi connectivity index (χ1n) is 11.1. The lowest BCUT2D eigenvalue weighted by atomic mass is 9.57. The Kier molecular flexibility index (Phi) is 7.60. The SMILES string of the molecule is [B]c1nc(C([B])([B])N2CC([B])([B])Oc3c([B])c([B])c(-c4ccc(OC(F)(F)F)cc4)c([B])c3C2=O)nc([B])c1[B]. The van der Waals surface area contributed by atoms with Crippen molar-refractivity contribution in [2.24, 2.45) is 0 Å². The van der Waals surface area contributed by atoms with Gasteiger partial charge in [0.15, 0.2) is 0 Å². The van der Waals surface area contributed by atoms with Gasteiger partial charge in [0.25, 0.3) is 5.91 Å². The molecule has 40 heavy (non-hydrogen) atoms. The monoisotopic (exact) mass is 515 g/mol. The van der Waals surface area contributed by atoms with Crippen LogP contribution < -0.4 is 42.5 Å². The molecule has 20 radical (unpaired) electrons. The zero-order valence-electron chi connectivity index (χ0n) is 20.5. The number of carbonyl (C=O) groups excluding carboxylic acids is 1. The van der Waals surface area contributed by atoms with Crippen molar-refractivity contribution < 1.29 is 27.4 Å². The third-order valence-corrected chi connectivity index (χ3v) is 5.91. The van der Waals surface area contributed by atoms with E-state index in [2.05, 4.69) is 14.7 Å². The third-order valence-electron chi connectivity index (χ3n) is 5.91. The molecule has 1 aliphatic rings. The van der Waals surface area contributed by atoms with Gasteiger partial charge < -0.3 is 14.4 Å². The number of aromatic nitrogens is 2. The number of nitrogens with zero attached hydrogens (tertiary/aromatic N) is 3. The highest BCUT2D eigenvalue weighted by atomic mass is 19.4. The quantitative estimate of drug-likeness (QED) is 0.327. The van der Waals surface area contributed by atoms with Crippen LogP contribution in [0, 0.1) is 0 Å². The summed E-state index contributed by atoms with van der Waals surface area (Å²) < 4.78 is 47.3. The summed E-state index contributed by atoms with van der Waals surface area (Å²) >= 11 is 0. The minimum absolute atomic E-state index is 0.0230. The first-order valence-corrected chi connectivity index (χ1v) is 11.1. The highest BCUT2D eigenvalue weighted by molar-refractivity contribution is 6.57. The summed E-state index contributed by atoms with van der Waals surface area (Å²) in [6, 6.07) is 4.46. The van der Waals surface area contributed by atoms with E-state index in [4.69, 9.17) is 83.2 Å². The summed E-state index contributed by atoms with van der Waals surface area (Å²) in [5.41, 5.74) is -1.76. The van der Waals surface area contributed by atoms with E-state index in [0.29, 0.717) is 0 Å². The smallest absolute Gasteiger partial charge is 0.505 e. The van der Waals surface area contributed by atoms with Gasteiger partial charge in [-0.1, -0.05) is 34.0 Å². The number of fused-ring (bicyclic) bond motifs is 1. The van der Waals surface area contributed by atoms with Gasteiger partial charge in [-0.15, -0.1) is 13.2 Å². The Balaban J connectivity index is 1.90. The van der Waals surface area contributed by atoms with E-state index in [1.807, 2.05) is 0 Å². The van der Waals surface area contributed by atoms with Crippen molar-refractivity contribution in [1.29, 1.82) is 0 Å².